The molecule has 2 N–H and O–H groups in total. The summed E-state index contributed by atoms with van der Waals surface area (Å²) in [6.45, 7) is 4.88. The standard InChI is InChI=1S/C22H32N6O7S/c1-12(34-14(3)30)19(35-15(4)31)17(9-32-13(2)29)33-11-28-8-16(23)18-20(24-10-27(5)6)25-22(36-7)26-21(18)28/h8,10,12,17,19H,9,11,23H2,1-7H3/b24-10+/t12-,17+,19-/m0/s1. The van der Waals surface area contributed by atoms with Gasteiger partial charge in [0.2, 0.25) is 0 Å². The minimum atomic E-state index is -1.05. The van der Waals surface area contributed by atoms with E-state index in [1.165, 1.54) is 32.5 Å². The van der Waals surface area contributed by atoms with Crippen molar-refractivity contribution in [3.8, 4) is 0 Å². The summed E-state index contributed by atoms with van der Waals surface area (Å²) in [6.07, 6.45) is 2.16. The van der Waals surface area contributed by atoms with Crippen LogP contribution in [0.4, 0.5) is 11.5 Å². The molecule has 0 unspecified atom stereocenters. The number of nitrogens with two attached hydrogens (primary N) is 1. The Kier molecular flexibility index (Phi) is 10.5. The lowest BCUT2D eigenvalue weighted by Crippen LogP contribution is -2.45. The van der Waals surface area contributed by atoms with Crippen LogP contribution in [-0.2, 0) is 40.1 Å². The fourth-order valence-corrected chi connectivity index (χ4v) is 3.59. The summed E-state index contributed by atoms with van der Waals surface area (Å²) >= 11 is 1.34. The summed E-state index contributed by atoms with van der Waals surface area (Å²) in [5.74, 6) is -1.34. The highest BCUT2D eigenvalue weighted by Gasteiger charge is 2.34. The van der Waals surface area contributed by atoms with Crippen LogP contribution in [0.15, 0.2) is 16.3 Å². The molecule has 0 aliphatic carbocycles. The summed E-state index contributed by atoms with van der Waals surface area (Å²) in [5.41, 5.74) is 7.12. The van der Waals surface area contributed by atoms with Crippen LogP contribution in [0, 0.1) is 0 Å². The van der Waals surface area contributed by atoms with Gasteiger partial charge in [-0.1, -0.05) is 11.8 Å². The van der Waals surface area contributed by atoms with Gasteiger partial charge >= 0.3 is 17.9 Å². The van der Waals surface area contributed by atoms with Crippen LogP contribution in [0.5, 0.6) is 0 Å². The van der Waals surface area contributed by atoms with Gasteiger partial charge in [-0.15, -0.1) is 0 Å². The fraction of sp³-hybridized carbons (Fsp3) is 0.545. The lowest BCUT2D eigenvalue weighted by molar-refractivity contribution is -0.186. The number of aliphatic imine (C=N–C) groups is 1. The van der Waals surface area contributed by atoms with Crippen LogP contribution in [0.3, 0.4) is 0 Å². The van der Waals surface area contributed by atoms with Crippen LogP contribution >= 0.6 is 11.8 Å². The van der Waals surface area contributed by atoms with E-state index in [-0.39, 0.29) is 13.3 Å². The smallest absolute Gasteiger partial charge is 0.303 e. The van der Waals surface area contributed by atoms with Gasteiger partial charge in [0.15, 0.2) is 22.7 Å². The van der Waals surface area contributed by atoms with Gasteiger partial charge in [0.05, 0.1) is 17.4 Å². The van der Waals surface area contributed by atoms with Gasteiger partial charge in [0.1, 0.15) is 25.5 Å². The molecule has 198 valence electrons. The Labute approximate surface area is 213 Å². The molecule has 0 aliphatic rings. The Bertz CT molecular complexity index is 1120. The van der Waals surface area contributed by atoms with E-state index in [2.05, 4.69) is 15.0 Å². The first-order valence-corrected chi connectivity index (χ1v) is 12.2. The van der Waals surface area contributed by atoms with E-state index in [9.17, 15) is 14.4 Å². The van der Waals surface area contributed by atoms with Gasteiger partial charge in [-0.25, -0.2) is 15.0 Å². The maximum atomic E-state index is 11.8. The second kappa shape index (κ2) is 13.1. The predicted octanol–water partition coefficient (Wildman–Crippen LogP) is 1.75. The molecule has 0 saturated heterocycles. The minimum absolute atomic E-state index is 0.105. The van der Waals surface area contributed by atoms with E-state index in [1.807, 2.05) is 20.4 Å². The fourth-order valence-electron chi connectivity index (χ4n) is 3.24. The number of rotatable bonds is 12. The first-order chi connectivity index (χ1) is 16.9. The monoisotopic (exact) mass is 524 g/mol. The largest absolute Gasteiger partial charge is 0.463 e. The molecule has 0 bridgehead atoms. The van der Waals surface area contributed by atoms with Crippen LogP contribution in [0.2, 0.25) is 0 Å². The zero-order valence-corrected chi connectivity index (χ0v) is 22.2. The molecule has 0 fully saturated rings. The van der Waals surface area contributed by atoms with Crippen molar-refractivity contribution in [1.82, 2.24) is 19.4 Å². The number of nitrogens with zero attached hydrogens (tertiary/aromatic N) is 5. The van der Waals surface area contributed by atoms with Crippen LogP contribution < -0.4 is 5.73 Å². The van der Waals surface area contributed by atoms with Crippen LogP contribution in [0.25, 0.3) is 11.0 Å². The number of esters is 3. The number of hydrogen-bond donors (Lipinski definition) is 1. The van der Waals surface area contributed by atoms with E-state index in [0.29, 0.717) is 27.7 Å². The van der Waals surface area contributed by atoms with Crippen molar-refractivity contribution in [3.05, 3.63) is 6.20 Å². The number of carbonyl (C=O) groups is 3. The van der Waals surface area contributed by atoms with Crippen molar-refractivity contribution >= 4 is 58.5 Å². The van der Waals surface area contributed by atoms with Crippen molar-refractivity contribution in [2.75, 3.05) is 32.7 Å². The SMILES string of the molecule is CSc1nc(/N=C/N(C)C)c2c(N)cn(CO[C@H](COC(C)=O)[C@@H](OC(C)=O)[C@H](C)OC(C)=O)c2n1. The highest BCUT2D eigenvalue weighted by molar-refractivity contribution is 7.98. The number of nitrogen functional groups attached to an aromatic ring is 1. The molecule has 3 atom stereocenters. The molecule has 0 aliphatic heterocycles. The first kappa shape index (κ1) is 28.8. The summed E-state index contributed by atoms with van der Waals surface area (Å²) in [5, 5.41) is 1.02. The second-order valence-electron chi connectivity index (χ2n) is 8.02. The number of thioether (sulfide) groups is 1. The van der Waals surface area contributed by atoms with Gasteiger partial charge < -0.3 is 34.1 Å². The Morgan fingerprint density at radius 3 is 2.39 bits per heavy atom. The van der Waals surface area contributed by atoms with E-state index in [4.69, 9.17) is 24.7 Å². The zero-order chi connectivity index (χ0) is 27.0. The van der Waals surface area contributed by atoms with Gasteiger partial charge in [-0.05, 0) is 13.2 Å². The van der Waals surface area contributed by atoms with Crippen molar-refractivity contribution in [2.24, 2.45) is 4.99 Å². The maximum absolute atomic E-state index is 11.8. The maximum Gasteiger partial charge on any atom is 0.303 e. The summed E-state index contributed by atoms with van der Waals surface area (Å²) < 4.78 is 23.4. The van der Waals surface area contributed by atoms with E-state index >= 15 is 0 Å². The third-order valence-electron chi connectivity index (χ3n) is 4.66. The summed E-state index contributed by atoms with van der Waals surface area (Å²) in [4.78, 5) is 49.9. The molecule has 13 nitrogen and oxygen atoms in total. The molecule has 14 heteroatoms. The zero-order valence-electron chi connectivity index (χ0n) is 21.4. The van der Waals surface area contributed by atoms with Gasteiger partial charge in [0, 0.05) is 41.1 Å². The third kappa shape index (κ3) is 8.09. The molecule has 2 aromatic heterocycles. The van der Waals surface area contributed by atoms with Crippen LogP contribution in [0.1, 0.15) is 27.7 Å². The van der Waals surface area contributed by atoms with Crippen molar-refractivity contribution in [2.45, 2.75) is 57.9 Å². The average molecular weight is 525 g/mol. The Balaban J connectivity index is 2.44. The number of anilines is 1. The van der Waals surface area contributed by atoms with E-state index in [0.717, 1.165) is 0 Å². The molecular formula is C22H32N6O7S. The Morgan fingerprint density at radius 2 is 1.83 bits per heavy atom. The molecular weight excluding hydrogens is 492 g/mol. The number of fused-ring (bicyclic) bond motifs is 1. The second-order valence-corrected chi connectivity index (χ2v) is 8.79. The predicted molar refractivity (Wildman–Crippen MR) is 134 cm³/mol. The molecule has 0 saturated carbocycles. The number of aromatic nitrogens is 3. The number of ether oxygens (including phenoxy) is 4. The molecule has 2 rings (SSSR count). The molecule has 0 radical (unpaired) electrons. The van der Waals surface area contributed by atoms with Gasteiger partial charge in [-0.2, -0.15) is 0 Å². The molecule has 2 aromatic rings. The molecule has 0 amide bonds. The average Bonchev–Trinajstić information content (AvgIpc) is 3.10. The number of carbonyl (C=O) groups excluding carboxylic acids is 3. The topological polar surface area (TPSA) is 160 Å². The van der Waals surface area contributed by atoms with Crippen molar-refractivity contribution in [1.29, 1.82) is 0 Å². The minimum Gasteiger partial charge on any atom is -0.463 e. The van der Waals surface area contributed by atoms with Gasteiger partial charge in [0.25, 0.3) is 0 Å². The van der Waals surface area contributed by atoms with Crippen molar-refractivity contribution < 1.29 is 33.3 Å². The van der Waals surface area contributed by atoms with E-state index < -0.39 is 36.2 Å². The third-order valence-corrected chi connectivity index (χ3v) is 5.21. The highest BCUT2D eigenvalue weighted by Crippen LogP contribution is 2.32. The first-order valence-electron chi connectivity index (χ1n) is 10.9. The van der Waals surface area contributed by atoms with Crippen molar-refractivity contribution in [3.63, 3.8) is 0 Å². The van der Waals surface area contributed by atoms with E-state index in [1.54, 1.807) is 28.9 Å². The molecule has 36 heavy (non-hydrogen) atoms. The summed E-state index contributed by atoms with van der Waals surface area (Å²) in [7, 11) is 3.67. The molecule has 2 heterocycles. The Hall–Kier alpha value is -3.39. The quantitative estimate of drug-likeness (QED) is 0.107. The Morgan fingerprint density at radius 1 is 1.17 bits per heavy atom. The van der Waals surface area contributed by atoms with Gasteiger partial charge in [-0.3, -0.25) is 14.4 Å². The normalized spacial score (nSPS) is 13.9. The lowest BCUT2D eigenvalue weighted by Gasteiger charge is -2.30. The number of hydrogen-bond acceptors (Lipinski definition) is 12. The summed E-state index contributed by atoms with van der Waals surface area (Å²) in [6, 6.07) is 0. The molecule has 0 spiro atoms. The molecule has 0 aromatic carbocycles. The highest BCUT2D eigenvalue weighted by atomic mass is 32.2. The van der Waals surface area contributed by atoms with Crippen LogP contribution in [-0.4, -0.2) is 89.0 Å². The lowest BCUT2D eigenvalue weighted by atomic mass is 10.1.